The molecule has 0 radical (unpaired) electrons. The van der Waals surface area contributed by atoms with Crippen LogP contribution >= 0.6 is 11.3 Å². The van der Waals surface area contributed by atoms with E-state index in [1.807, 2.05) is 19.1 Å². The molecule has 104 valence electrons. The van der Waals surface area contributed by atoms with Crippen LogP contribution < -0.4 is 5.32 Å². The van der Waals surface area contributed by atoms with E-state index in [0.29, 0.717) is 6.54 Å². The zero-order valence-corrected chi connectivity index (χ0v) is 12.0. The van der Waals surface area contributed by atoms with E-state index in [1.54, 1.807) is 6.08 Å². The van der Waals surface area contributed by atoms with Crippen LogP contribution in [0.2, 0.25) is 0 Å². The van der Waals surface area contributed by atoms with Crippen LogP contribution in [-0.2, 0) is 16.1 Å². The molecule has 0 aliphatic carbocycles. The van der Waals surface area contributed by atoms with Crippen LogP contribution in [0.5, 0.6) is 0 Å². The van der Waals surface area contributed by atoms with Gasteiger partial charge in [0.1, 0.15) is 0 Å². The van der Waals surface area contributed by atoms with Gasteiger partial charge in [0, 0.05) is 21.7 Å². The van der Waals surface area contributed by atoms with E-state index in [4.69, 9.17) is 5.11 Å². The Morgan fingerprint density at radius 1 is 1.47 bits per heavy atom. The molecule has 1 aromatic rings. The summed E-state index contributed by atoms with van der Waals surface area (Å²) in [4.78, 5) is 24.0. The lowest BCUT2D eigenvalue weighted by Crippen LogP contribution is -2.28. The van der Waals surface area contributed by atoms with Crippen molar-refractivity contribution in [2.45, 2.75) is 33.2 Å². The molecule has 19 heavy (non-hydrogen) atoms. The van der Waals surface area contributed by atoms with Gasteiger partial charge in [0.05, 0.1) is 6.54 Å². The maximum atomic E-state index is 11.7. The van der Waals surface area contributed by atoms with E-state index in [-0.39, 0.29) is 11.8 Å². The van der Waals surface area contributed by atoms with Crippen molar-refractivity contribution in [3.05, 3.63) is 28.0 Å². The summed E-state index contributed by atoms with van der Waals surface area (Å²) in [6, 6.07) is 3.75. The molecule has 1 unspecified atom stereocenters. The lowest BCUT2D eigenvalue weighted by Gasteiger charge is -2.09. The van der Waals surface area contributed by atoms with Crippen LogP contribution in [0.15, 0.2) is 18.2 Å². The Morgan fingerprint density at radius 2 is 2.21 bits per heavy atom. The normalized spacial score (nSPS) is 12.5. The maximum absolute atomic E-state index is 11.7. The molecule has 0 spiro atoms. The van der Waals surface area contributed by atoms with Gasteiger partial charge in [-0.2, -0.15) is 0 Å². The van der Waals surface area contributed by atoms with Gasteiger partial charge in [-0.3, -0.25) is 4.79 Å². The molecule has 0 aliphatic heterocycles. The van der Waals surface area contributed by atoms with Gasteiger partial charge in [-0.25, -0.2) is 4.79 Å². The highest BCUT2D eigenvalue weighted by Gasteiger charge is 2.11. The Hall–Kier alpha value is -1.62. The minimum absolute atomic E-state index is 0.0383. The third-order valence-corrected chi connectivity index (χ3v) is 3.73. The monoisotopic (exact) mass is 281 g/mol. The van der Waals surface area contributed by atoms with E-state index in [9.17, 15) is 9.59 Å². The van der Waals surface area contributed by atoms with E-state index in [2.05, 4.69) is 12.2 Å². The van der Waals surface area contributed by atoms with Gasteiger partial charge in [-0.1, -0.05) is 20.3 Å². The Kier molecular flexibility index (Phi) is 6.29. The predicted molar refractivity (Wildman–Crippen MR) is 76.9 cm³/mol. The van der Waals surface area contributed by atoms with Crippen LogP contribution in [0.4, 0.5) is 0 Å². The fraction of sp³-hybridized carbons (Fsp3) is 0.429. The fourth-order valence-corrected chi connectivity index (χ4v) is 2.50. The first-order valence-corrected chi connectivity index (χ1v) is 7.12. The zero-order valence-electron chi connectivity index (χ0n) is 11.2. The smallest absolute Gasteiger partial charge is 0.328 e. The molecule has 1 aromatic heterocycles. The second-order valence-corrected chi connectivity index (χ2v) is 5.58. The Labute approximate surface area is 117 Å². The first-order chi connectivity index (χ1) is 9.02. The number of aliphatic carboxylic acids is 1. The van der Waals surface area contributed by atoms with Crippen molar-refractivity contribution in [2.75, 3.05) is 0 Å². The number of carboxylic acids is 1. The molecule has 2 N–H and O–H groups in total. The van der Waals surface area contributed by atoms with Crippen LogP contribution in [0.25, 0.3) is 6.08 Å². The van der Waals surface area contributed by atoms with Crippen LogP contribution in [-0.4, -0.2) is 17.0 Å². The molecule has 5 heteroatoms. The molecule has 0 aromatic carbocycles. The van der Waals surface area contributed by atoms with E-state index >= 15 is 0 Å². The lowest BCUT2D eigenvalue weighted by atomic mass is 10.1. The third-order valence-electron chi connectivity index (χ3n) is 2.68. The molecular formula is C14H19NO3S. The first kappa shape index (κ1) is 15.4. The van der Waals surface area contributed by atoms with Crippen molar-refractivity contribution in [2.24, 2.45) is 5.92 Å². The van der Waals surface area contributed by atoms with E-state index in [1.165, 1.54) is 11.3 Å². The number of carbonyl (C=O) groups excluding carboxylic acids is 1. The standard InChI is InChI=1S/C14H19NO3S/c1-3-4-10(2)14(18)15-9-12-6-5-11(19-12)7-8-13(16)17/h5-8,10H,3-4,9H2,1-2H3,(H,15,18)(H,16,17). The van der Waals surface area contributed by atoms with Gasteiger partial charge in [-0.05, 0) is 24.6 Å². The number of amides is 1. The molecule has 4 nitrogen and oxygen atoms in total. The number of carboxylic acid groups (broad SMARTS) is 1. The average Bonchev–Trinajstić information content (AvgIpc) is 2.81. The summed E-state index contributed by atoms with van der Waals surface area (Å²) >= 11 is 1.48. The molecular weight excluding hydrogens is 262 g/mol. The number of carbonyl (C=O) groups is 2. The first-order valence-electron chi connectivity index (χ1n) is 6.30. The molecule has 1 atom stereocenters. The molecule has 1 heterocycles. The van der Waals surface area contributed by atoms with Crippen molar-refractivity contribution in [3.63, 3.8) is 0 Å². The Morgan fingerprint density at radius 3 is 2.84 bits per heavy atom. The van der Waals surface area contributed by atoms with Gasteiger partial charge >= 0.3 is 5.97 Å². The summed E-state index contributed by atoms with van der Waals surface area (Å²) < 4.78 is 0. The molecule has 1 amide bonds. The summed E-state index contributed by atoms with van der Waals surface area (Å²) in [5, 5.41) is 11.4. The van der Waals surface area contributed by atoms with Gasteiger partial charge in [-0.15, -0.1) is 11.3 Å². The second-order valence-electron chi connectivity index (χ2n) is 4.38. The number of rotatable bonds is 7. The van der Waals surface area contributed by atoms with Crippen molar-refractivity contribution in [1.29, 1.82) is 0 Å². The largest absolute Gasteiger partial charge is 0.478 e. The highest BCUT2D eigenvalue weighted by Crippen LogP contribution is 2.18. The molecule has 1 rings (SSSR count). The maximum Gasteiger partial charge on any atom is 0.328 e. The minimum Gasteiger partial charge on any atom is -0.478 e. The minimum atomic E-state index is -0.961. The number of nitrogens with one attached hydrogen (secondary N) is 1. The van der Waals surface area contributed by atoms with E-state index < -0.39 is 5.97 Å². The molecule has 0 bridgehead atoms. The van der Waals surface area contributed by atoms with Gasteiger partial charge in [0.25, 0.3) is 0 Å². The molecule has 0 saturated heterocycles. The Bertz CT molecular complexity index is 465. The summed E-state index contributed by atoms with van der Waals surface area (Å²) in [6.07, 6.45) is 4.55. The van der Waals surface area contributed by atoms with Gasteiger partial charge in [0.15, 0.2) is 0 Å². The van der Waals surface area contributed by atoms with Crippen LogP contribution in [0.1, 0.15) is 36.4 Å². The average molecular weight is 281 g/mol. The van der Waals surface area contributed by atoms with E-state index in [0.717, 1.165) is 28.7 Å². The SMILES string of the molecule is CCCC(C)C(=O)NCc1ccc(C=CC(=O)O)s1. The van der Waals surface area contributed by atoms with Crippen molar-refractivity contribution in [1.82, 2.24) is 5.32 Å². The van der Waals surface area contributed by atoms with Crippen LogP contribution in [0.3, 0.4) is 0 Å². The van der Waals surface area contributed by atoms with Gasteiger partial charge in [0.2, 0.25) is 5.91 Å². The number of hydrogen-bond acceptors (Lipinski definition) is 3. The summed E-state index contributed by atoms with van der Waals surface area (Å²) in [5.41, 5.74) is 0. The quantitative estimate of drug-likeness (QED) is 0.755. The lowest BCUT2D eigenvalue weighted by molar-refractivity contribution is -0.131. The van der Waals surface area contributed by atoms with Crippen molar-refractivity contribution >= 4 is 29.3 Å². The summed E-state index contributed by atoms with van der Waals surface area (Å²) in [7, 11) is 0. The number of thiophene rings is 1. The summed E-state index contributed by atoms with van der Waals surface area (Å²) in [6.45, 7) is 4.48. The third kappa shape index (κ3) is 5.70. The van der Waals surface area contributed by atoms with Gasteiger partial charge < -0.3 is 10.4 Å². The molecule has 0 fully saturated rings. The predicted octanol–water partition coefficient (Wildman–Crippen LogP) is 2.90. The zero-order chi connectivity index (χ0) is 14.3. The summed E-state index contributed by atoms with van der Waals surface area (Å²) in [5.74, 6) is -0.856. The molecule has 0 aliphatic rings. The molecule has 0 saturated carbocycles. The Balaban J connectivity index is 2.46. The fourth-order valence-electron chi connectivity index (χ4n) is 1.65. The van der Waals surface area contributed by atoms with Crippen molar-refractivity contribution in [3.8, 4) is 0 Å². The second kappa shape index (κ2) is 7.74. The van der Waals surface area contributed by atoms with Crippen LogP contribution in [0, 0.1) is 5.92 Å². The highest BCUT2D eigenvalue weighted by atomic mass is 32.1. The van der Waals surface area contributed by atoms with Crippen molar-refractivity contribution < 1.29 is 14.7 Å². The topological polar surface area (TPSA) is 66.4 Å². The number of hydrogen-bond donors (Lipinski definition) is 2. The highest BCUT2D eigenvalue weighted by molar-refractivity contribution is 7.12.